The molecule has 5 heteroatoms. The van der Waals surface area contributed by atoms with Crippen molar-refractivity contribution in [3.8, 4) is 5.75 Å². The highest BCUT2D eigenvalue weighted by Crippen LogP contribution is 2.34. The first-order valence-corrected chi connectivity index (χ1v) is 6.83. The summed E-state index contributed by atoms with van der Waals surface area (Å²) < 4.78 is 5.41. The molecular weight excluding hydrogens is 268 g/mol. The highest BCUT2D eigenvalue weighted by molar-refractivity contribution is 7.09. The van der Waals surface area contributed by atoms with Crippen LogP contribution in [0.25, 0.3) is 0 Å². The molecule has 18 heavy (non-hydrogen) atoms. The Hall–Kier alpha value is -1.10. The Morgan fingerprint density at radius 2 is 2.22 bits per heavy atom. The maximum Gasteiger partial charge on any atom is 0.124 e. The first-order valence-electron chi connectivity index (χ1n) is 5.58. The van der Waals surface area contributed by atoms with E-state index in [1.54, 1.807) is 18.4 Å². The van der Waals surface area contributed by atoms with Crippen LogP contribution in [0.5, 0.6) is 5.75 Å². The SMILES string of the molecule is CNC(c1cc(Cl)ccc1OC)c1scnc1C. The zero-order valence-electron chi connectivity index (χ0n) is 10.5. The number of methoxy groups -OCH3 is 1. The highest BCUT2D eigenvalue weighted by Gasteiger charge is 2.20. The van der Waals surface area contributed by atoms with Gasteiger partial charge in [-0.3, -0.25) is 0 Å². The third-order valence-corrected chi connectivity index (χ3v) is 4.07. The lowest BCUT2D eigenvalue weighted by Crippen LogP contribution is -2.18. The lowest BCUT2D eigenvalue weighted by molar-refractivity contribution is 0.405. The summed E-state index contributed by atoms with van der Waals surface area (Å²) in [5.41, 5.74) is 3.91. The Balaban J connectivity index is 2.51. The van der Waals surface area contributed by atoms with E-state index < -0.39 is 0 Å². The highest BCUT2D eigenvalue weighted by atomic mass is 35.5. The summed E-state index contributed by atoms with van der Waals surface area (Å²) >= 11 is 7.71. The molecule has 1 aromatic carbocycles. The average Bonchev–Trinajstić information content (AvgIpc) is 2.77. The van der Waals surface area contributed by atoms with Crippen LogP contribution >= 0.6 is 22.9 Å². The van der Waals surface area contributed by atoms with Gasteiger partial charge in [-0.25, -0.2) is 4.98 Å². The predicted molar refractivity (Wildman–Crippen MR) is 75.8 cm³/mol. The summed E-state index contributed by atoms with van der Waals surface area (Å²) in [5, 5.41) is 4.00. The minimum absolute atomic E-state index is 0.0474. The number of aromatic nitrogens is 1. The molecule has 1 aromatic heterocycles. The van der Waals surface area contributed by atoms with Gasteiger partial charge in [0.1, 0.15) is 5.75 Å². The van der Waals surface area contributed by atoms with Crippen LogP contribution in [0.2, 0.25) is 5.02 Å². The van der Waals surface area contributed by atoms with Crippen molar-refractivity contribution in [2.24, 2.45) is 0 Å². The molecule has 0 radical (unpaired) electrons. The Labute approximate surface area is 116 Å². The largest absolute Gasteiger partial charge is 0.496 e. The van der Waals surface area contributed by atoms with Gasteiger partial charge in [0.25, 0.3) is 0 Å². The molecule has 0 aliphatic carbocycles. The lowest BCUT2D eigenvalue weighted by atomic mass is 10.0. The fourth-order valence-corrected chi connectivity index (χ4v) is 3.06. The van der Waals surface area contributed by atoms with E-state index in [1.165, 1.54) is 4.88 Å². The van der Waals surface area contributed by atoms with E-state index in [0.29, 0.717) is 5.02 Å². The van der Waals surface area contributed by atoms with Crippen LogP contribution in [0.3, 0.4) is 0 Å². The molecular formula is C13H15ClN2OS. The summed E-state index contributed by atoms with van der Waals surface area (Å²) in [6.45, 7) is 2.01. The van der Waals surface area contributed by atoms with Crippen molar-refractivity contribution >= 4 is 22.9 Å². The third kappa shape index (κ3) is 2.51. The Bertz CT molecular complexity index is 542. The van der Waals surface area contributed by atoms with E-state index in [0.717, 1.165) is 17.0 Å². The molecule has 1 N–H and O–H groups in total. The second kappa shape index (κ2) is 5.69. The molecule has 1 heterocycles. The molecule has 0 spiro atoms. The first-order chi connectivity index (χ1) is 8.67. The zero-order chi connectivity index (χ0) is 13.1. The monoisotopic (exact) mass is 282 g/mol. The molecule has 0 aliphatic rings. The van der Waals surface area contributed by atoms with Gasteiger partial charge in [-0.05, 0) is 32.2 Å². The van der Waals surface area contributed by atoms with Crippen LogP contribution < -0.4 is 10.1 Å². The zero-order valence-corrected chi connectivity index (χ0v) is 12.1. The predicted octanol–water partition coefficient (Wildman–Crippen LogP) is 3.42. The van der Waals surface area contributed by atoms with Gasteiger partial charge < -0.3 is 10.1 Å². The van der Waals surface area contributed by atoms with Crippen molar-refractivity contribution in [1.29, 1.82) is 0 Å². The number of thiazole rings is 1. The summed E-state index contributed by atoms with van der Waals surface area (Å²) in [6.07, 6.45) is 0. The minimum Gasteiger partial charge on any atom is -0.496 e. The minimum atomic E-state index is 0.0474. The maximum atomic E-state index is 6.08. The van der Waals surface area contributed by atoms with Crippen LogP contribution in [0.1, 0.15) is 22.2 Å². The summed E-state index contributed by atoms with van der Waals surface area (Å²) in [6, 6.07) is 5.70. The third-order valence-electron chi connectivity index (χ3n) is 2.84. The number of halogens is 1. The molecule has 1 atom stereocenters. The van der Waals surface area contributed by atoms with Crippen molar-refractivity contribution in [2.45, 2.75) is 13.0 Å². The fraction of sp³-hybridized carbons (Fsp3) is 0.308. The average molecular weight is 283 g/mol. The van der Waals surface area contributed by atoms with Gasteiger partial charge in [-0.2, -0.15) is 0 Å². The van der Waals surface area contributed by atoms with Gasteiger partial charge in [0.15, 0.2) is 0 Å². The first kappa shape index (κ1) is 13.3. The second-order valence-electron chi connectivity index (χ2n) is 3.91. The topological polar surface area (TPSA) is 34.1 Å². The number of nitrogens with zero attached hydrogens (tertiary/aromatic N) is 1. The Morgan fingerprint density at radius 1 is 1.44 bits per heavy atom. The van der Waals surface area contributed by atoms with Crippen LogP contribution in [0.4, 0.5) is 0 Å². The number of ether oxygens (including phenoxy) is 1. The Kier molecular flexibility index (Phi) is 4.22. The molecule has 0 bridgehead atoms. The van der Waals surface area contributed by atoms with Crippen LogP contribution in [0, 0.1) is 6.92 Å². The van der Waals surface area contributed by atoms with Gasteiger partial charge in [0.05, 0.1) is 24.4 Å². The number of hydrogen-bond donors (Lipinski definition) is 1. The second-order valence-corrected chi connectivity index (χ2v) is 5.23. The maximum absolute atomic E-state index is 6.08. The van der Waals surface area contributed by atoms with E-state index in [4.69, 9.17) is 16.3 Å². The molecule has 0 aliphatic heterocycles. The molecule has 2 aromatic rings. The van der Waals surface area contributed by atoms with Crippen molar-refractivity contribution in [1.82, 2.24) is 10.3 Å². The molecule has 3 nitrogen and oxygen atoms in total. The smallest absolute Gasteiger partial charge is 0.124 e. The van der Waals surface area contributed by atoms with Gasteiger partial charge in [-0.15, -0.1) is 11.3 Å². The van der Waals surface area contributed by atoms with Crippen molar-refractivity contribution in [3.05, 3.63) is 44.9 Å². The van der Waals surface area contributed by atoms with Gasteiger partial charge in [-0.1, -0.05) is 11.6 Å². The van der Waals surface area contributed by atoms with E-state index in [2.05, 4.69) is 10.3 Å². The number of rotatable bonds is 4. The van der Waals surface area contributed by atoms with E-state index in [1.807, 2.05) is 37.7 Å². The molecule has 0 saturated heterocycles. The number of hydrogen-bond acceptors (Lipinski definition) is 4. The number of aryl methyl sites for hydroxylation is 1. The normalized spacial score (nSPS) is 12.4. The summed E-state index contributed by atoms with van der Waals surface area (Å²) in [4.78, 5) is 5.47. The molecule has 0 fully saturated rings. The standard InChI is InChI=1S/C13H15ClN2OS/c1-8-13(18-7-16-8)12(15-2)10-6-9(14)4-5-11(10)17-3/h4-7,12,15H,1-3H3. The molecule has 96 valence electrons. The lowest BCUT2D eigenvalue weighted by Gasteiger charge is -2.19. The number of nitrogens with one attached hydrogen (secondary N) is 1. The molecule has 2 rings (SSSR count). The van der Waals surface area contributed by atoms with Gasteiger partial charge in [0, 0.05) is 15.5 Å². The van der Waals surface area contributed by atoms with E-state index >= 15 is 0 Å². The quantitative estimate of drug-likeness (QED) is 0.933. The van der Waals surface area contributed by atoms with Crippen molar-refractivity contribution < 1.29 is 4.74 Å². The number of benzene rings is 1. The van der Waals surface area contributed by atoms with E-state index in [9.17, 15) is 0 Å². The van der Waals surface area contributed by atoms with Crippen LogP contribution in [-0.2, 0) is 0 Å². The van der Waals surface area contributed by atoms with Crippen molar-refractivity contribution in [3.63, 3.8) is 0 Å². The van der Waals surface area contributed by atoms with Gasteiger partial charge >= 0.3 is 0 Å². The van der Waals surface area contributed by atoms with Crippen LogP contribution in [-0.4, -0.2) is 19.1 Å². The van der Waals surface area contributed by atoms with Crippen LogP contribution in [0.15, 0.2) is 23.7 Å². The molecule has 0 saturated carbocycles. The van der Waals surface area contributed by atoms with E-state index in [-0.39, 0.29) is 6.04 Å². The fourth-order valence-electron chi connectivity index (χ4n) is 1.95. The summed E-state index contributed by atoms with van der Waals surface area (Å²) in [5.74, 6) is 0.826. The van der Waals surface area contributed by atoms with Gasteiger partial charge in [0.2, 0.25) is 0 Å². The summed E-state index contributed by atoms with van der Waals surface area (Å²) in [7, 11) is 3.59. The molecule has 0 amide bonds. The van der Waals surface area contributed by atoms with Crippen molar-refractivity contribution in [2.75, 3.05) is 14.2 Å². The Morgan fingerprint density at radius 3 is 2.78 bits per heavy atom. The molecule has 1 unspecified atom stereocenters.